The molecule has 0 unspecified atom stereocenters. The molecule has 2 aromatic rings. The molecule has 10 heteroatoms. The Bertz CT molecular complexity index is 1110. The third kappa shape index (κ3) is 6.65. The van der Waals surface area contributed by atoms with Gasteiger partial charge < -0.3 is 20.5 Å². The summed E-state index contributed by atoms with van der Waals surface area (Å²) in [7, 11) is 0. The number of aliphatic hydroxyl groups is 1. The lowest BCUT2D eigenvalue weighted by atomic mass is 9.85. The summed E-state index contributed by atoms with van der Waals surface area (Å²) in [6.07, 6.45) is 1.42. The molecule has 2 fully saturated rings. The van der Waals surface area contributed by atoms with Crippen LogP contribution in [-0.2, 0) is 16.1 Å². The number of hydrogen-bond acceptors (Lipinski definition) is 5. The zero-order chi connectivity index (χ0) is 26.8. The summed E-state index contributed by atoms with van der Waals surface area (Å²) >= 11 is 0. The minimum atomic E-state index is -2.60. The van der Waals surface area contributed by atoms with Crippen LogP contribution in [0.2, 0.25) is 0 Å². The average Bonchev–Trinajstić information content (AvgIpc) is 3.20. The van der Waals surface area contributed by atoms with Crippen molar-refractivity contribution < 1.29 is 28.2 Å². The van der Waals surface area contributed by atoms with Gasteiger partial charge >= 0.3 is 0 Å². The first kappa shape index (κ1) is 27.4. The van der Waals surface area contributed by atoms with Crippen molar-refractivity contribution in [2.45, 2.75) is 83.4 Å². The van der Waals surface area contributed by atoms with Crippen LogP contribution in [0, 0.1) is 11.3 Å². The fourth-order valence-corrected chi connectivity index (χ4v) is 5.12. The molecule has 1 saturated heterocycles. The lowest BCUT2D eigenvalue weighted by Crippen LogP contribution is -2.56. The number of alkyl halides is 2. The second-order valence-electron chi connectivity index (χ2n) is 11.7. The Morgan fingerprint density at radius 2 is 1.81 bits per heavy atom. The monoisotopic (exact) mass is 520 g/mol. The maximum absolute atomic E-state index is 13.6. The first-order chi connectivity index (χ1) is 17.4. The predicted octanol–water partition coefficient (Wildman–Crippen LogP) is 3.66. The first-order valence-electron chi connectivity index (χ1n) is 13.1. The SMILES string of the molecule is CC(C)(C)[C@H](NC(=O)c1nn(CC2CCC(F)(F)CC2)c2ccccc12)C(=O)NCC1(O)CCOCC1. The van der Waals surface area contributed by atoms with E-state index in [0.29, 0.717) is 50.8 Å². The number of benzene rings is 1. The van der Waals surface area contributed by atoms with Crippen molar-refractivity contribution in [3.63, 3.8) is 0 Å². The smallest absolute Gasteiger partial charge is 0.273 e. The number of halogens is 2. The van der Waals surface area contributed by atoms with Crippen LogP contribution < -0.4 is 10.6 Å². The normalized spacial score (nSPS) is 20.9. The fourth-order valence-electron chi connectivity index (χ4n) is 5.12. The van der Waals surface area contributed by atoms with Crippen LogP contribution in [0.4, 0.5) is 8.78 Å². The molecule has 2 amide bonds. The average molecular weight is 521 g/mol. The third-order valence-electron chi connectivity index (χ3n) is 7.56. The highest BCUT2D eigenvalue weighted by atomic mass is 19.3. The van der Waals surface area contributed by atoms with Gasteiger partial charge in [-0.3, -0.25) is 14.3 Å². The number of aromatic nitrogens is 2. The molecule has 8 nitrogen and oxygen atoms in total. The van der Waals surface area contributed by atoms with Gasteiger partial charge in [-0.15, -0.1) is 0 Å². The maximum atomic E-state index is 13.6. The Morgan fingerprint density at radius 3 is 2.46 bits per heavy atom. The largest absolute Gasteiger partial charge is 0.388 e. The summed E-state index contributed by atoms with van der Waals surface area (Å²) in [5, 5.41) is 21.6. The lowest BCUT2D eigenvalue weighted by Gasteiger charge is -2.34. The Labute approximate surface area is 216 Å². The highest BCUT2D eigenvalue weighted by Gasteiger charge is 2.37. The van der Waals surface area contributed by atoms with Crippen molar-refractivity contribution >= 4 is 22.7 Å². The number of fused-ring (bicyclic) bond motifs is 1. The van der Waals surface area contributed by atoms with Gasteiger partial charge in [-0.05, 0) is 30.2 Å². The van der Waals surface area contributed by atoms with Crippen molar-refractivity contribution in [2.24, 2.45) is 11.3 Å². The number of amides is 2. The number of nitrogens with one attached hydrogen (secondary N) is 2. The molecule has 2 heterocycles. The Balaban J connectivity index is 1.49. The molecule has 1 atom stereocenters. The van der Waals surface area contributed by atoms with Crippen LogP contribution in [0.15, 0.2) is 24.3 Å². The minimum Gasteiger partial charge on any atom is -0.388 e. The van der Waals surface area contributed by atoms with E-state index in [4.69, 9.17) is 4.74 Å². The molecule has 4 rings (SSSR count). The van der Waals surface area contributed by atoms with Gasteiger partial charge in [0.2, 0.25) is 11.8 Å². The molecule has 204 valence electrons. The van der Waals surface area contributed by atoms with Gasteiger partial charge in [0.1, 0.15) is 6.04 Å². The highest BCUT2D eigenvalue weighted by Crippen LogP contribution is 2.37. The van der Waals surface area contributed by atoms with E-state index in [-0.39, 0.29) is 36.9 Å². The van der Waals surface area contributed by atoms with Crippen molar-refractivity contribution in [1.82, 2.24) is 20.4 Å². The fraction of sp³-hybridized carbons (Fsp3) is 0.667. The molecule has 2 aliphatic rings. The Hall–Kier alpha value is -2.59. The predicted molar refractivity (Wildman–Crippen MR) is 135 cm³/mol. The molecular formula is C27H38F2N4O4. The van der Waals surface area contributed by atoms with Gasteiger partial charge in [-0.1, -0.05) is 39.0 Å². The molecule has 1 aliphatic carbocycles. The minimum absolute atomic E-state index is 0.0583. The van der Waals surface area contributed by atoms with Gasteiger partial charge in [0, 0.05) is 57.4 Å². The van der Waals surface area contributed by atoms with Crippen LogP contribution in [0.1, 0.15) is 69.8 Å². The zero-order valence-electron chi connectivity index (χ0n) is 21.9. The van der Waals surface area contributed by atoms with E-state index in [2.05, 4.69) is 15.7 Å². The van der Waals surface area contributed by atoms with Gasteiger partial charge in [0.15, 0.2) is 5.69 Å². The topological polar surface area (TPSA) is 105 Å². The molecule has 37 heavy (non-hydrogen) atoms. The second-order valence-corrected chi connectivity index (χ2v) is 11.7. The zero-order valence-corrected chi connectivity index (χ0v) is 21.9. The highest BCUT2D eigenvalue weighted by molar-refractivity contribution is 6.06. The molecular weight excluding hydrogens is 482 g/mol. The van der Waals surface area contributed by atoms with E-state index in [1.807, 2.05) is 39.0 Å². The quantitative estimate of drug-likeness (QED) is 0.517. The van der Waals surface area contributed by atoms with E-state index in [9.17, 15) is 23.5 Å². The van der Waals surface area contributed by atoms with Crippen molar-refractivity contribution in [1.29, 1.82) is 0 Å². The number of carbonyl (C=O) groups is 2. The summed E-state index contributed by atoms with van der Waals surface area (Å²) < 4.78 is 34.3. The van der Waals surface area contributed by atoms with Crippen LogP contribution in [0.25, 0.3) is 10.9 Å². The number of rotatable bonds is 7. The van der Waals surface area contributed by atoms with E-state index >= 15 is 0 Å². The van der Waals surface area contributed by atoms with Gasteiger partial charge in [0.05, 0.1) is 11.1 Å². The number of nitrogens with zero attached hydrogens (tertiary/aromatic N) is 2. The van der Waals surface area contributed by atoms with Crippen LogP contribution in [0.5, 0.6) is 0 Å². The van der Waals surface area contributed by atoms with E-state index in [0.717, 1.165) is 5.52 Å². The van der Waals surface area contributed by atoms with Gasteiger partial charge in [-0.2, -0.15) is 5.10 Å². The molecule has 1 saturated carbocycles. The molecule has 0 bridgehead atoms. The van der Waals surface area contributed by atoms with Crippen LogP contribution in [0.3, 0.4) is 0 Å². The van der Waals surface area contributed by atoms with Crippen LogP contribution >= 0.6 is 0 Å². The lowest BCUT2D eigenvalue weighted by molar-refractivity contribution is -0.128. The molecule has 1 aromatic carbocycles. The number of carbonyl (C=O) groups excluding carboxylic acids is 2. The summed E-state index contributed by atoms with van der Waals surface area (Å²) in [6.45, 7) is 6.98. The van der Waals surface area contributed by atoms with Gasteiger partial charge in [-0.25, -0.2) is 8.78 Å². The van der Waals surface area contributed by atoms with E-state index in [1.165, 1.54) is 0 Å². The standard InChI is InChI=1S/C27H38F2N4O4/c1-25(2,3)22(24(35)30-17-26(36)12-14-37-15-13-26)31-23(34)21-19-6-4-5-7-20(19)33(32-21)16-18-8-10-27(28,29)11-9-18/h4-7,18,22,36H,8-17H2,1-3H3,(H,30,35)(H,31,34)/t22-/m1/s1. The summed E-state index contributed by atoms with van der Waals surface area (Å²) in [4.78, 5) is 26.6. The third-order valence-corrected chi connectivity index (χ3v) is 7.56. The summed E-state index contributed by atoms with van der Waals surface area (Å²) in [6, 6.07) is 6.46. The number of ether oxygens (including phenoxy) is 1. The summed E-state index contributed by atoms with van der Waals surface area (Å²) in [5.74, 6) is -3.41. The maximum Gasteiger partial charge on any atom is 0.273 e. The Morgan fingerprint density at radius 1 is 1.16 bits per heavy atom. The number of hydrogen-bond donors (Lipinski definition) is 3. The summed E-state index contributed by atoms with van der Waals surface area (Å²) in [5.41, 5.74) is -0.687. The molecule has 0 spiro atoms. The molecule has 1 aliphatic heterocycles. The van der Waals surface area contributed by atoms with Crippen LogP contribution in [-0.4, -0.2) is 64.0 Å². The first-order valence-corrected chi connectivity index (χ1v) is 13.1. The molecule has 0 radical (unpaired) electrons. The van der Waals surface area contributed by atoms with E-state index in [1.54, 1.807) is 10.7 Å². The van der Waals surface area contributed by atoms with Gasteiger partial charge in [0.25, 0.3) is 5.91 Å². The van der Waals surface area contributed by atoms with Crippen molar-refractivity contribution in [2.75, 3.05) is 19.8 Å². The molecule has 3 N–H and O–H groups in total. The Kier molecular flexibility index (Phi) is 7.90. The van der Waals surface area contributed by atoms with E-state index < -0.39 is 28.9 Å². The number of para-hydroxylation sites is 1. The molecule has 1 aromatic heterocycles. The van der Waals surface area contributed by atoms with Crippen molar-refractivity contribution in [3.05, 3.63) is 30.0 Å². The van der Waals surface area contributed by atoms with Crippen molar-refractivity contribution in [3.8, 4) is 0 Å². The second kappa shape index (κ2) is 10.6.